The van der Waals surface area contributed by atoms with Gasteiger partial charge in [0.1, 0.15) is 0 Å². The van der Waals surface area contributed by atoms with Crippen molar-refractivity contribution in [1.29, 1.82) is 5.26 Å². The van der Waals surface area contributed by atoms with Crippen LogP contribution in [0.3, 0.4) is 0 Å². The first-order valence-corrected chi connectivity index (χ1v) is 5.13. The lowest BCUT2D eigenvalue weighted by molar-refractivity contribution is 0.247. The fourth-order valence-electron chi connectivity index (χ4n) is 1.25. The van der Waals surface area contributed by atoms with Crippen molar-refractivity contribution in [2.75, 3.05) is 20.3 Å². The van der Waals surface area contributed by atoms with Gasteiger partial charge in [0.05, 0.1) is 25.3 Å². The summed E-state index contributed by atoms with van der Waals surface area (Å²) >= 11 is 0. The Kier molecular flexibility index (Phi) is 5.17. The standard InChI is InChI=1S/C12H15NO3/c1-15-12-8-10(9-13)4-5-11(12)16-7-3-2-6-14/h4-5,8,14H,2-3,6-7H2,1H3. The minimum atomic E-state index is 0.174. The van der Waals surface area contributed by atoms with Crippen LogP contribution < -0.4 is 9.47 Å². The lowest BCUT2D eigenvalue weighted by atomic mass is 10.2. The van der Waals surface area contributed by atoms with E-state index in [1.165, 1.54) is 7.11 Å². The molecule has 0 atom stereocenters. The van der Waals surface area contributed by atoms with Gasteiger partial charge in [-0.15, -0.1) is 0 Å². The first-order chi connectivity index (χ1) is 7.81. The van der Waals surface area contributed by atoms with Gasteiger partial charge >= 0.3 is 0 Å². The van der Waals surface area contributed by atoms with Crippen LogP contribution in [0.2, 0.25) is 0 Å². The number of methoxy groups -OCH3 is 1. The number of hydrogen-bond donors (Lipinski definition) is 1. The van der Waals surface area contributed by atoms with E-state index in [2.05, 4.69) is 0 Å². The van der Waals surface area contributed by atoms with Gasteiger partial charge in [0.15, 0.2) is 11.5 Å². The zero-order chi connectivity index (χ0) is 11.8. The van der Waals surface area contributed by atoms with E-state index in [-0.39, 0.29) is 6.61 Å². The summed E-state index contributed by atoms with van der Waals surface area (Å²) in [6, 6.07) is 7.08. The molecule has 1 N–H and O–H groups in total. The smallest absolute Gasteiger partial charge is 0.162 e. The molecular formula is C12H15NO3. The molecular weight excluding hydrogens is 206 g/mol. The van der Waals surface area contributed by atoms with Crippen LogP contribution >= 0.6 is 0 Å². The van der Waals surface area contributed by atoms with Gasteiger partial charge in [0, 0.05) is 12.7 Å². The molecule has 0 aliphatic heterocycles. The molecule has 1 rings (SSSR count). The predicted octanol–water partition coefficient (Wildman–Crippen LogP) is 1.72. The summed E-state index contributed by atoms with van der Waals surface area (Å²) in [6.07, 6.45) is 1.51. The highest BCUT2D eigenvalue weighted by atomic mass is 16.5. The highest BCUT2D eigenvalue weighted by molar-refractivity contribution is 5.46. The highest BCUT2D eigenvalue weighted by Crippen LogP contribution is 2.27. The minimum Gasteiger partial charge on any atom is -0.493 e. The van der Waals surface area contributed by atoms with E-state index >= 15 is 0 Å². The van der Waals surface area contributed by atoms with E-state index in [0.29, 0.717) is 23.7 Å². The lowest BCUT2D eigenvalue weighted by Gasteiger charge is -2.10. The molecule has 0 unspecified atom stereocenters. The zero-order valence-corrected chi connectivity index (χ0v) is 9.27. The van der Waals surface area contributed by atoms with Crippen LogP contribution in [0.5, 0.6) is 11.5 Å². The predicted molar refractivity (Wildman–Crippen MR) is 59.5 cm³/mol. The van der Waals surface area contributed by atoms with Gasteiger partial charge in [-0.1, -0.05) is 0 Å². The Labute approximate surface area is 95.0 Å². The second-order valence-electron chi connectivity index (χ2n) is 3.26. The number of nitriles is 1. The molecule has 0 bridgehead atoms. The Morgan fingerprint density at radius 1 is 1.31 bits per heavy atom. The summed E-state index contributed by atoms with van der Waals surface area (Å²) in [4.78, 5) is 0. The molecule has 0 heterocycles. The van der Waals surface area contributed by atoms with Crippen molar-refractivity contribution in [2.45, 2.75) is 12.8 Å². The summed E-state index contributed by atoms with van der Waals surface area (Å²) in [5, 5.41) is 17.3. The molecule has 0 aromatic heterocycles. The molecule has 16 heavy (non-hydrogen) atoms. The SMILES string of the molecule is COc1cc(C#N)ccc1OCCCCO. The number of nitrogens with zero attached hydrogens (tertiary/aromatic N) is 1. The lowest BCUT2D eigenvalue weighted by Crippen LogP contribution is -2.00. The fourth-order valence-corrected chi connectivity index (χ4v) is 1.25. The number of benzene rings is 1. The second kappa shape index (κ2) is 6.70. The molecule has 86 valence electrons. The Balaban J connectivity index is 2.62. The van der Waals surface area contributed by atoms with Gasteiger partial charge < -0.3 is 14.6 Å². The third-order valence-corrected chi connectivity index (χ3v) is 2.10. The van der Waals surface area contributed by atoms with Crippen LogP contribution in [-0.4, -0.2) is 25.4 Å². The number of aliphatic hydroxyl groups is 1. The fraction of sp³-hybridized carbons (Fsp3) is 0.417. The topological polar surface area (TPSA) is 62.5 Å². The van der Waals surface area contributed by atoms with Gasteiger partial charge in [-0.2, -0.15) is 5.26 Å². The second-order valence-corrected chi connectivity index (χ2v) is 3.26. The van der Waals surface area contributed by atoms with Gasteiger partial charge in [0.25, 0.3) is 0 Å². The largest absolute Gasteiger partial charge is 0.493 e. The number of hydrogen-bond acceptors (Lipinski definition) is 4. The summed E-state index contributed by atoms with van der Waals surface area (Å²) in [7, 11) is 1.54. The van der Waals surface area contributed by atoms with Crippen molar-refractivity contribution in [3.63, 3.8) is 0 Å². The molecule has 0 aliphatic carbocycles. The molecule has 1 aromatic rings. The van der Waals surface area contributed by atoms with Crippen LogP contribution in [0.15, 0.2) is 18.2 Å². The Bertz CT molecular complexity index is 371. The Morgan fingerprint density at radius 2 is 2.12 bits per heavy atom. The Morgan fingerprint density at radius 3 is 2.75 bits per heavy atom. The monoisotopic (exact) mass is 221 g/mol. The van der Waals surface area contributed by atoms with Crippen molar-refractivity contribution in [2.24, 2.45) is 0 Å². The van der Waals surface area contributed by atoms with Crippen LogP contribution in [0.4, 0.5) is 0 Å². The van der Waals surface area contributed by atoms with E-state index in [0.717, 1.165) is 12.8 Å². The molecule has 0 radical (unpaired) electrons. The first kappa shape index (κ1) is 12.3. The average Bonchev–Trinajstić information content (AvgIpc) is 2.34. The van der Waals surface area contributed by atoms with Crippen LogP contribution in [0, 0.1) is 11.3 Å². The van der Waals surface area contributed by atoms with Crippen molar-refractivity contribution >= 4 is 0 Å². The van der Waals surface area contributed by atoms with Crippen LogP contribution in [-0.2, 0) is 0 Å². The van der Waals surface area contributed by atoms with Crippen molar-refractivity contribution < 1.29 is 14.6 Å². The average molecular weight is 221 g/mol. The van der Waals surface area contributed by atoms with Gasteiger partial charge in [-0.3, -0.25) is 0 Å². The summed E-state index contributed by atoms with van der Waals surface area (Å²) in [5.41, 5.74) is 0.541. The molecule has 0 amide bonds. The number of ether oxygens (including phenoxy) is 2. The van der Waals surface area contributed by atoms with E-state index in [1.54, 1.807) is 18.2 Å². The highest BCUT2D eigenvalue weighted by Gasteiger charge is 2.05. The van der Waals surface area contributed by atoms with E-state index < -0.39 is 0 Å². The molecule has 4 nitrogen and oxygen atoms in total. The Hall–Kier alpha value is -1.73. The molecule has 0 saturated heterocycles. The molecule has 0 spiro atoms. The maximum absolute atomic E-state index is 8.72. The maximum Gasteiger partial charge on any atom is 0.162 e. The molecule has 0 aliphatic rings. The number of unbranched alkanes of at least 4 members (excludes halogenated alkanes) is 1. The van der Waals surface area contributed by atoms with Crippen molar-refractivity contribution in [3.8, 4) is 17.6 Å². The van der Waals surface area contributed by atoms with Crippen molar-refractivity contribution in [3.05, 3.63) is 23.8 Å². The first-order valence-electron chi connectivity index (χ1n) is 5.13. The quantitative estimate of drug-likeness (QED) is 0.743. The van der Waals surface area contributed by atoms with E-state index in [4.69, 9.17) is 19.8 Å². The van der Waals surface area contributed by atoms with E-state index in [9.17, 15) is 0 Å². The molecule has 0 fully saturated rings. The minimum absolute atomic E-state index is 0.174. The summed E-state index contributed by atoms with van der Waals surface area (Å²) < 4.78 is 10.6. The van der Waals surface area contributed by atoms with Gasteiger partial charge in [-0.05, 0) is 25.0 Å². The van der Waals surface area contributed by atoms with Crippen molar-refractivity contribution in [1.82, 2.24) is 0 Å². The van der Waals surface area contributed by atoms with Gasteiger partial charge in [-0.25, -0.2) is 0 Å². The summed E-state index contributed by atoms with van der Waals surface area (Å²) in [6.45, 7) is 0.705. The van der Waals surface area contributed by atoms with E-state index in [1.807, 2.05) is 6.07 Å². The zero-order valence-electron chi connectivity index (χ0n) is 9.27. The molecule has 0 saturated carbocycles. The number of aliphatic hydroxyl groups excluding tert-OH is 1. The summed E-state index contributed by atoms with van der Waals surface area (Å²) in [5.74, 6) is 1.18. The molecule has 1 aromatic carbocycles. The third-order valence-electron chi connectivity index (χ3n) is 2.10. The van der Waals surface area contributed by atoms with Crippen LogP contribution in [0.1, 0.15) is 18.4 Å². The van der Waals surface area contributed by atoms with Gasteiger partial charge in [0.2, 0.25) is 0 Å². The normalized spacial score (nSPS) is 9.56. The number of rotatable bonds is 6. The third kappa shape index (κ3) is 3.44. The van der Waals surface area contributed by atoms with Crippen LogP contribution in [0.25, 0.3) is 0 Å². The molecule has 4 heteroatoms. The maximum atomic E-state index is 8.72.